The molecule has 0 spiro atoms. The van der Waals surface area contributed by atoms with Crippen molar-refractivity contribution in [3.63, 3.8) is 0 Å². The minimum absolute atomic E-state index is 0.0318. The van der Waals surface area contributed by atoms with Gasteiger partial charge in [0.15, 0.2) is 5.16 Å². The molecule has 0 atom stereocenters. The number of para-hydroxylation sites is 2. The molecule has 1 aromatic heterocycles. The summed E-state index contributed by atoms with van der Waals surface area (Å²) in [7, 11) is 1.30. The lowest BCUT2D eigenvalue weighted by molar-refractivity contribution is -0.140. The van der Waals surface area contributed by atoms with Crippen molar-refractivity contribution in [2.24, 2.45) is 0 Å². The molecule has 0 radical (unpaired) electrons. The molecule has 3 aromatic rings. The lowest BCUT2D eigenvalue weighted by Crippen LogP contribution is -2.25. The van der Waals surface area contributed by atoms with Gasteiger partial charge < -0.3 is 10.1 Å². The molecule has 166 valence electrons. The Morgan fingerprint density at radius 2 is 1.91 bits per heavy atom. The van der Waals surface area contributed by atoms with Crippen molar-refractivity contribution < 1.29 is 14.3 Å². The number of nitrogens with zero attached hydrogens (tertiary/aromatic N) is 2. The second-order valence-corrected chi connectivity index (χ2v) is 8.63. The fourth-order valence-corrected chi connectivity index (χ4v) is 4.49. The third-order valence-electron chi connectivity index (χ3n) is 4.44. The molecule has 2 aromatic carbocycles. The van der Waals surface area contributed by atoms with Crippen LogP contribution in [0.3, 0.4) is 0 Å². The maximum atomic E-state index is 13.0. The number of amides is 1. The van der Waals surface area contributed by atoms with Gasteiger partial charge >= 0.3 is 5.97 Å². The summed E-state index contributed by atoms with van der Waals surface area (Å²) in [6.45, 7) is 3.84. The van der Waals surface area contributed by atoms with Crippen LogP contribution in [0.15, 0.2) is 76.0 Å². The van der Waals surface area contributed by atoms with Gasteiger partial charge in [-0.15, -0.1) is 18.3 Å². The number of hydrogen-bond acceptors (Lipinski definition) is 7. The average molecular weight is 470 g/mol. The number of nitrogens with one attached hydrogen (secondary N) is 1. The molecule has 0 aliphatic heterocycles. The van der Waals surface area contributed by atoms with E-state index >= 15 is 0 Å². The van der Waals surface area contributed by atoms with Gasteiger partial charge in [-0.3, -0.25) is 19.0 Å². The Kier molecular flexibility index (Phi) is 8.52. The fraction of sp³-hybridized carbons (Fsp3) is 0.217. The van der Waals surface area contributed by atoms with E-state index in [9.17, 15) is 14.4 Å². The van der Waals surface area contributed by atoms with Crippen LogP contribution in [-0.4, -0.2) is 40.0 Å². The Bertz CT molecular complexity index is 1190. The predicted octanol–water partition coefficient (Wildman–Crippen LogP) is 3.97. The van der Waals surface area contributed by atoms with Gasteiger partial charge in [0.1, 0.15) is 0 Å². The van der Waals surface area contributed by atoms with Gasteiger partial charge in [-0.1, -0.05) is 42.1 Å². The second kappa shape index (κ2) is 11.5. The summed E-state index contributed by atoms with van der Waals surface area (Å²) in [6, 6.07) is 14.5. The molecule has 7 nitrogen and oxygen atoms in total. The highest BCUT2D eigenvalue weighted by molar-refractivity contribution is 8.00. The Labute approximate surface area is 194 Å². The summed E-state index contributed by atoms with van der Waals surface area (Å²) in [4.78, 5) is 42.7. The number of hydrogen-bond donors (Lipinski definition) is 1. The van der Waals surface area contributed by atoms with E-state index in [1.165, 1.54) is 11.7 Å². The van der Waals surface area contributed by atoms with E-state index in [4.69, 9.17) is 0 Å². The number of thioether (sulfide) groups is 2. The smallest absolute Gasteiger partial charge is 0.307 e. The third kappa shape index (κ3) is 6.02. The molecule has 0 bridgehead atoms. The number of aromatic nitrogens is 2. The van der Waals surface area contributed by atoms with Crippen molar-refractivity contribution in [2.45, 2.75) is 23.0 Å². The number of ether oxygens (including phenoxy) is 1. The van der Waals surface area contributed by atoms with Gasteiger partial charge in [-0.05, 0) is 24.3 Å². The number of esters is 1. The molecular formula is C23H23N3O4S2. The van der Waals surface area contributed by atoms with Crippen LogP contribution < -0.4 is 10.9 Å². The summed E-state index contributed by atoms with van der Waals surface area (Å²) in [6.07, 6.45) is 1.84. The topological polar surface area (TPSA) is 90.3 Å². The SMILES string of the molecule is C=CCSc1ccccc1NC(=O)CSc1nc2ccccc2c(=O)n1CCC(=O)OC. The van der Waals surface area contributed by atoms with E-state index in [1.807, 2.05) is 24.3 Å². The molecule has 1 amide bonds. The lowest BCUT2D eigenvalue weighted by Gasteiger charge is -2.13. The number of fused-ring (bicyclic) bond motifs is 1. The molecule has 3 rings (SSSR count). The summed E-state index contributed by atoms with van der Waals surface area (Å²) >= 11 is 2.73. The summed E-state index contributed by atoms with van der Waals surface area (Å²) in [5.74, 6) is 0.148. The van der Waals surface area contributed by atoms with E-state index in [1.54, 1.807) is 42.1 Å². The first-order valence-corrected chi connectivity index (χ1v) is 11.8. The van der Waals surface area contributed by atoms with Gasteiger partial charge in [0, 0.05) is 17.2 Å². The highest BCUT2D eigenvalue weighted by Gasteiger charge is 2.15. The Morgan fingerprint density at radius 1 is 1.16 bits per heavy atom. The maximum absolute atomic E-state index is 13.0. The average Bonchev–Trinajstić information content (AvgIpc) is 2.81. The molecule has 0 saturated heterocycles. The molecule has 0 aliphatic carbocycles. The molecule has 0 saturated carbocycles. The molecule has 0 fully saturated rings. The molecule has 1 heterocycles. The number of anilines is 1. The van der Waals surface area contributed by atoms with E-state index in [0.717, 1.165) is 28.1 Å². The second-order valence-electron chi connectivity index (χ2n) is 6.63. The van der Waals surface area contributed by atoms with Crippen LogP contribution in [0.25, 0.3) is 10.9 Å². The van der Waals surface area contributed by atoms with E-state index in [0.29, 0.717) is 16.1 Å². The van der Waals surface area contributed by atoms with Crippen molar-refractivity contribution >= 4 is 52.0 Å². The van der Waals surface area contributed by atoms with E-state index in [-0.39, 0.29) is 30.2 Å². The first-order chi connectivity index (χ1) is 15.5. The van der Waals surface area contributed by atoms with Gasteiger partial charge in [0.05, 0.1) is 35.9 Å². The summed E-state index contributed by atoms with van der Waals surface area (Å²) in [5.41, 5.74) is 1.01. The van der Waals surface area contributed by atoms with Crippen LogP contribution in [-0.2, 0) is 20.9 Å². The summed E-state index contributed by atoms with van der Waals surface area (Å²) < 4.78 is 6.11. The van der Waals surface area contributed by atoms with Crippen LogP contribution in [0.5, 0.6) is 0 Å². The third-order valence-corrected chi connectivity index (χ3v) is 6.49. The number of carbonyl (C=O) groups is 2. The molecule has 1 N–H and O–H groups in total. The van der Waals surface area contributed by atoms with Gasteiger partial charge in [0.25, 0.3) is 5.56 Å². The van der Waals surface area contributed by atoms with Crippen molar-refractivity contribution in [3.05, 3.63) is 71.5 Å². The van der Waals surface area contributed by atoms with Crippen molar-refractivity contribution in [1.82, 2.24) is 9.55 Å². The monoisotopic (exact) mass is 469 g/mol. The van der Waals surface area contributed by atoms with Crippen LogP contribution in [0.1, 0.15) is 6.42 Å². The highest BCUT2D eigenvalue weighted by atomic mass is 32.2. The van der Waals surface area contributed by atoms with Crippen LogP contribution in [0.2, 0.25) is 0 Å². The van der Waals surface area contributed by atoms with Gasteiger partial charge in [-0.25, -0.2) is 4.98 Å². The van der Waals surface area contributed by atoms with Crippen LogP contribution in [0.4, 0.5) is 5.69 Å². The molecule has 0 unspecified atom stereocenters. The number of methoxy groups -OCH3 is 1. The van der Waals surface area contributed by atoms with Crippen molar-refractivity contribution in [2.75, 3.05) is 23.9 Å². The first-order valence-electron chi connectivity index (χ1n) is 9.85. The molecular weight excluding hydrogens is 446 g/mol. The van der Waals surface area contributed by atoms with Crippen molar-refractivity contribution in [1.29, 1.82) is 0 Å². The first kappa shape index (κ1) is 23.6. The normalized spacial score (nSPS) is 10.7. The Balaban J connectivity index is 1.79. The summed E-state index contributed by atoms with van der Waals surface area (Å²) in [5, 5.41) is 3.75. The molecule has 0 aliphatic rings. The van der Waals surface area contributed by atoms with E-state index in [2.05, 4.69) is 21.6 Å². The fourth-order valence-electron chi connectivity index (χ4n) is 2.92. The van der Waals surface area contributed by atoms with Crippen LogP contribution >= 0.6 is 23.5 Å². The number of benzene rings is 2. The number of rotatable bonds is 10. The minimum atomic E-state index is -0.424. The number of carbonyl (C=O) groups excluding carboxylic acids is 2. The predicted molar refractivity (Wildman–Crippen MR) is 129 cm³/mol. The zero-order valence-corrected chi connectivity index (χ0v) is 19.2. The quantitative estimate of drug-likeness (QED) is 0.208. The van der Waals surface area contributed by atoms with Gasteiger partial charge in [0.2, 0.25) is 5.91 Å². The van der Waals surface area contributed by atoms with E-state index < -0.39 is 5.97 Å². The highest BCUT2D eigenvalue weighted by Crippen LogP contribution is 2.27. The lowest BCUT2D eigenvalue weighted by atomic mass is 10.2. The molecule has 32 heavy (non-hydrogen) atoms. The Morgan fingerprint density at radius 3 is 2.69 bits per heavy atom. The largest absolute Gasteiger partial charge is 0.469 e. The standard InChI is InChI=1S/C23H23N3O4S2/c1-3-14-31-19-11-7-6-10-18(19)24-20(27)15-32-23-25-17-9-5-4-8-16(17)22(29)26(23)13-12-21(28)30-2/h3-11H,1,12-15H2,2H3,(H,24,27). The zero-order chi connectivity index (χ0) is 22.9. The van der Waals surface area contributed by atoms with Crippen molar-refractivity contribution in [3.8, 4) is 0 Å². The van der Waals surface area contributed by atoms with Crippen LogP contribution in [0, 0.1) is 0 Å². The van der Waals surface area contributed by atoms with Gasteiger partial charge in [-0.2, -0.15) is 0 Å². The minimum Gasteiger partial charge on any atom is -0.469 e. The maximum Gasteiger partial charge on any atom is 0.307 e. The zero-order valence-electron chi connectivity index (χ0n) is 17.6. The molecule has 9 heteroatoms. The Hall–Kier alpha value is -3.04.